The van der Waals surface area contributed by atoms with Crippen LogP contribution in [-0.4, -0.2) is 94.5 Å². The van der Waals surface area contributed by atoms with Crippen molar-refractivity contribution >= 4 is 44.8 Å². The summed E-state index contributed by atoms with van der Waals surface area (Å²) >= 11 is 1.09. The second-order valence-corrected chi connectivity index (χ2v) is 11.6. The zero-order chi connectivity index (χ0) is 30.4. The molecule has 0 saturated carbocycles. The highest BCUT2D eigenvalue weighted by Crippen LogP contribution is 2.39. The third kappa shape index (κ3) is 5.39. The van der Waals surface area contributed by atoms with Crippen LogP contribution in [0.3, 0.4) is 0 Å². The Labute approximate surface area is 249 Å². The fourth-order valence-electron chi connectivity index (χ4n) is 5.49. The summed E-state index contributed by atoms with van der Waals surface area (Å²) in [6.07, 6.45) is -0.433. The number of aliphatic hydroxyl groups is 1. The summed E-state index contributed by atoms with van der Waals surface area (Å²) in [6, 6.07) is 8.83. The van der Waals surface area contributed by atoms with Gasteiger partial charge in [0, 0.05) is 69.5 Å². The Morgan fingerprint density at radius 2 is 1.86 bits per heavy atom. The fraction of sp³-hybridized carbons (Fsp3) is 0.379. The minimum absolute atomic E-state index is 0.000310. The van der Waals surface area contributed by atoms with Crippen LogP contribution in [0.5, 0.6) is 0 Å². The smallest absolute Gasteiger partial charge is 0.236 e. The number of thiazole rings is 1. The molecule has 2 aliphatic rings. The van der Waals surface area contributed by atoms with E-state index in [1.807, 2.05) is 13.0 Å². The van der Waals surface area contributed by atoms with Crippen molar-refractivity contribution in [1.82, 2.24) is 24.6 Å². The van der Waals surface area contributed by atoms with Gasteiger partial charge in [0.2, 0.25) is 5.91 Å². The van der Waals surface area contributed by atoms with E-state index in [1.165, 1.54) is 12.1 Å². The molecule has 0 radical (unpaired) electrons. The van der Waals surface area contributed by atoms with Crippen LogP contribution in [0.15, 0.2) is 30.3 Å². The number of carbonyl (C=O) groups is 1. The number of fused-ring (bicyclic) bond motifs is 1. The molecule has 0 atom stereocenters. The number of aliphatic hydroxyl groups excluding tert-OH is 1. The van der Waals surface area contributed by atoms with Crippen molar-refractivity contribution < 1.29 is 23.1 Å². The number of likely N-dealkylation sites (tertiary alicyclic amines) is 1. The average Bonchev–Trinajstić information content (AvgIpc) is 3.59. The number of hydrogen-bond acceptors (Lipinski definition) is 9. The number of benzene rings is 2. The zero-order valence-corrected chi connectivity index (χ0v) is 24.4. The van der Waals surface area contributed by atoms with Gasteiger partial charge in [0.05, 0.1) is 12.6 Å². The lowest BCUT2D eigenvalue weighted by Gasteiger charge is -2.39. The van der Waals surface area contributed by atoms with Gasteiger partial charge >= 0.3 is 0 Å². The molecule has 6 rings (SSSR count). The number of anilines is 3. The Balaban J connectivity index is 1.27. The summed E-state index contributed by atoms with van der Waals surface area (Å²) < 4.78 is 44.7. The molecule has 2 aromatic heterocycles. The molecule has 43 heavy (non-hydrogen) atoms. The predicted octanol–water partition coefficient (Wildman–Crippen LogP) is 3.56. The first-order valence-corrected chi connectivity index (χ1v) is 14.7. The summed E-state index contributed by atoms with van der Waals surface area (Å²) in [5.74, 6) is -1.92. The van der Waals surface area contributed by atoms with Crippen LogP contribution in [0.25, 0.3) is 22.2 Å². The van der Waals surface area contributed by atoms with Crippen molar-refractivity contribution in [3.05, 3.63) is 52.7 Å². The number of carbonyl (C=O) groups excluding carboxylic acids is 1. The molecule has 2 aromatic carbocycles. The second-order valence-electron chi connectivity index (χ2n) is 10.7. The molecule has 2 fully saturated rings. The molecule has 4 heterocycles. The van der Waals surface area contributed by atoms with E-state index in [9.17, 15) is 23.9 Å². The van der Waals surface area contributed by atoms with Crippen molar-refractivity contribution in [2.24, 2.45) is 0 Å². The molecule has 2 saturated heterocycles. The van der Waals surface area contributed by atoms with E-state index in [1.54, 1.807) is 21.5 Å². The molecule has 0 aliphatic carbocycles. The van der Waals surface area contributed by atoms with Crippen LogP contribution in [-0.2, 0) is 11.3 Å². The number of halogens is 3. The van der Waals surface area contributed by atoms with Gasteiger partial charge in [-0.1, -0.05) is 11.3 Å². The highest BCUT2D eigenvalue weighted by atomic mass is 32.1. The first kappa shape index (κ1) is 28.9. The van der Waals surface area contributed by atoms with E-state index in [2.05, 4.69) is 26.0 Å². The summed E-state index contributed by atoms with van der Waals surface area (Å²) in [4.78, 5) is 24.8. The first-order valence-electron chi connectivity index (χ1n) is 13.9. The normalized spacial score (nSPS) is 16.0. The lowest BCUT2D eigenvalue weighted by molar-refractivity contribution is -0.142. The highest BCUT2D eigenvalue weighted by molar-refractivity contribution is 7.16. The molecule has 14 heteroatoms. The number of β-amino-alcohol motifs (C(OH)–C–C–N with tert-alkyl or cyclic N) is 1. The molecule has 2 aliphatic heterocycles. The van der Waals surface area contributed by atoms with Crippen LogP contribution in [0, 0.1) is 28.8 Å². The van der Waals surface area contributed by atoms with E-state index in [-0.39, 0.29) is 34.1 Å². The Hall–Kier alpha value is -4.19. The van der Waals surface area contributed by atoms with Crippen molar-refractivity contribution in [2.45, 2.75) is 19.6 Å². The lowest BCUT2D eigenvalue weighted by Crippen LogP contribution is -2.57. The van der Waals surface area contributed by atoms with Crippen molar-refractivity contribution in [2.75, 3.05) is 62.7 Å². The fourth-order valence-corrected chi connectivity index (χ4v) is 6.34. The van der Waals surface area contributed by atoms with E-state index < -0.39 is 23.6 Å². The number of nitriles is 1. The Morgan fingerprint density at radius 1 is 1.12 bits per heavy atom. The Kier molecular flexibility index (Phi) is 7.72. The number of amides is 1. The number of hydrogen-bond donors (Lipinski definition) is 1. The maximum absolute atomic E-state index is 15.5. The molecular weight excluding hydrogens is 581 g/mol. The number of aryl methyl sites for hydroxylation is 1. The van der Waals surface area contributed by atoms with Crippen LogP contribution in [0.2, 0.25) is 0 Å². The number of piperazine rings is 1. The van der Waals surface area contributed by atoms with Crippen LogP contribution in [0.1, 0.15) is 11.8 Å². The molecule has 1 N–H and O–H groups in total. The molecule has 0 bridgehead atoms. The zero-order valence-electron chi connectivity index (χ0n) is 23.6. The SMILES string of the molecule is CCn1nc2c(F)cc(N3CCN(CC(=O)N4CC(O)C4)CC3)cc2c1N(C)c1nc(-c2ccc(F)c(F)c2)c(C#N)s1. The van der Waals surface area contributed by atoms with Gasteiger partial charge in [-0.25, -0.2) is 22.8 Å². The van der Waals surface area contributed by atoms with Crippen molar-refractivity contribution in [3.63, 3.8) is 0 Å². The molecule has 0 unspecified atom stereocenters. The molecule has 0 spiro atoms. The van der Waals surface area contributed by atoms with E-state index >= 15 is 4.39 Å². The average molecular weight is 611 g/mol. The Morgan fingerprint density at radius 3 is 2.51 bits per heavy atom. The minimum atomic E-state index is -1.04. The molecule has 1 amide bonds. The van der Waals surface area contributed by atoms with E-state index in [0.29, 0.717) is 67.8 Å². The van der Waals surface area contributed by atoms with Crippen LogP contribution >= 0.6 is 11.3 Å². The number of nitrogens with zero attached hydrogens (tertiary/aromatic N) is 8. The summed E-state index contributed by atoms with van der Waals surface area (Å²) in [6.45, 7) is 5.84. The minimum Gasteiger partial charge on any atom is -0.389 e. The maximum Gasteiger partial charge on any atom is 0.236 e. The van der Waals surface area contributed by atoms with Gasteiger partial charge in [0.1, 0.15) is 28.0 Å². The summed E-state index contributed by atoms with van der Waals surface area (Å²) in [5, 5.41) is 24.7. The second kappa shape index (κ2) is 11.5. The summed E-state index contributed by atoms with van der Waals surface area (Å²) in [5.41, 5.74) is 1.39. The standard InChI is InChI=1S/C29H29F3N8O2S/c1-3-40-28(36(2)29-34-26(24(13-33)43-29)17-4-5-21(30)22(31)10-17)20-11-18(12-23(32)27(20)35-40)38-8-6-37(7-9-38)16-25(42)39-14-19(41)15-39/h4-5,10-12,19,41H,3,6-9,14-16H2,1-2H3. The van der Waals surface area contributed by atoms with E-state index in [0.717, 1.165) is 23.5 Å². The Bertz CT molecular complexity index is 1740. The van der Waals surface area contributed by atoms with Gasteiger partial charge in [-0.05, 0) is 37.3 Å². The first-order chi connectivity index (χ1) is 20.7. The number of aromatic nitrogens is 3. The quantitative estimate of drug-likeness (QED) is 0.339. The van der Waals surface area contributed by atoms with Gasteiger partial charge in [0.25, 0.3) is 0 Å². The third-order valence-electron chi connectivity index (χ3n) is 7.88. The lowest BCUT2D eigenvalue weighted by atomic mass is 10.1. The van der Waals surface area contributed by atoms with E-state index in [4.69, 9.17) is 0 Å². The molecule has 224 valence electrons. The van der Waals surface area contributed by atoms with Crippen LogP contribution < -0.4 is 9.80 Å². The third-order valence-corrected chi connectivity index (χ3v) is 8.92. The van der Waals surface area contributed by atoms with Gasteiger partial charge < -0.3 is 19.8 Å². The van der Waals surface area contributed by atoms with Gasteiger partial charge in [0.15, 0.2) is 22.6 Å². The topological polar surface area (TPSA) is 105 Å². The van der Waals surface area contributed by atoms with Gasteiger partial charge in [-0.3, -0.25) is 9.69 Å². The van der Waals surface area contributed by atoms with Gasteiger partial charge in [-0.2, -0.15) is 10.4 Å². The highest BCUT2D eigenvalue weighted by Gasteiger charge is 2.31. The van der Waals surface area contributed by atoms with Crippen molar-refractivity contribution in [3.8, 4) is 17.3 Å². The molecular formula is C29H29F3N8O2S. The van der Waals surface area contributed by atoms with Crippen LogP contribution in [0.4, 0.5) is 29.8 Å². The van der Waals surface area contributed by atoms with Gasteiger partial charge in [-0.15, -0.1) is 0 Å². The van der Waals surface area contributed by atoms with Crippen molar-refractivity contribution in [1.29, 1.82) is 5.26 Å². The molecule has 4 aromatic rings. The summed E-state index contributed by atoms with van der Waals surface area (Å²) in [7, 11) is 1.75. The number of rotatable bonds is 7. The molecule has 10 nitrogen and oxygen atoms in total. The maximum atomic E-state index is 15.5. The monoisotopic (exact) mass is 610 g/mol. The largest absolute Gasteiger partial charge is 0.389 e. The predicted molar refractivity (Wildman–Crippen MR) is 157 cm³/mol.